The first-order valence-electron chi connectivity index (χ1n) is 8.26. The van der Waals surface area contributed by atoms with Gasteiger partial charge in [-0.2, -0.15) is 0 Å². The second-order valence-electron chi connectivity index (χ2n) is 6.46. The summed E-state index contributed by atoms with van der Waals surface area (Å²) in [5.41, 5.74) is 0.756. The van der Waals surface area contributed by atoms with Crippen LogP contribution in [0.25, 0.3) is 10.3 Å². The van der Waals surface area contributed by atoms with Gasteiger partial charge in [0.25, 0.3) is 0 Å². The quantitative estimate of drug-likeness (QED) is 0.820. The van der Waals surface area contributed by atoms with Crippen molar-refractivity contribution in [3.05, 3.63) is 6.33 Å². The van der Waals surface area contributed by atoms with Crippen molar-refractivity contribution in [3.8, 4) is 0 Å². The number of nitrogens with one attached hydrogen (secondary N) is 1. The van der Waals surface area contributed by atoms with Gasteiger partial charge in [-0.05, 0) is 25.0 Å². The number of rotatable bonds is 5. The molecule has 0 aliphatic carbocycles. The Morgan fingerprint density at radius 1 is 1.42 bits per heavy atom. The number of aromatic nitrogens is 3. The Morgan fingerprint density at radius 3 is 2.83 bits per heavy atom. The van der Waals surface area contributed by atoms with E-state index in [1.807, 2.05) is 11.2 Å². The van der Waals surface area contributed by atoms with Crippen LogP contribution in [-0.2, 0) is 4.79 Å². The van der Waals surface area contributed by atoms with Crippen molar-refractivity contribution in [1.82, 2.24) is 19.9 Å². The van der Waals surface area contributed by atoms with Gasteiger partial charge in [-0.25, -0.2) is 15.0 Å². The molecule has 0 aromatic carbocycles. The highest BCUT2D eigenvalue weighted by atomic mass is 32.2. The smallest absolute Gasteiger partial charge is 0.222 e. The van der Waals surface area contributed by atoms with Crippen LogP contribution in [0.1, 0.15) is 33.1 Å². The SMILES string of the molecule is CSc1nc2ncnc(NC3CCN(C(=O)CC(C)C)CC3)c2s1. The molecule has 0 bridgehead atoms. The first-order valence-corrected chi connectivity index (χ1v) is 10.3. The number of likely N-dealkylation sites (tertiary alicyclic amines) is 1. The molecule has 3 heterocycles. The van der Waals surface area contributed by atoms with Gasteiger partial charge >= 0.3 is 0 Å². The minimum atomic E-state index is 0.278. The number of carbonyl (C=O) groups excluding carboxylic acids is 1. The number of amides is 1. The van der Waals surface area contributed by atoms with Crippen molar-refractivity contribution >= 4 is 45.2 Å². The van der Waals surface area contributed by atoms with Crippen LogP contribution in [0.3, 0.4) is 0 Å². The summed E-state index contributed by atoms with van der Waals surface area (Å²) in [6.07, 6.45) is 6.12. The number of piperidine rings is 1. The van der Waals surface area contributed by atoms with E-state index in [-0.39, 0.29) is 5.91 Å². The van der Waals surface area contributed by atoms with E-state index >= 15 is 0 Å². The first kappa shape index (κ1) is 17.4. The van der Waals surface area contributed by atoms with Crippen LogP contribution in [0.4, 0.5) is 5.82 Å². The molecule has 3 rings (SSSR count). The summed E-state index contributed by atoms with van der Waals surface area (Å²) in [6.45, 7) is 5.81. The van der Waals surface area contributed by atoms with Crippen LogP contribution in [0, 0.1) is 5.92 Å². The van der Waals surface area contributed by atoms with Gasteiger partial charge in [0.15, 0.2) is 9.99 Å². The van der Waals surface area contributed by atoms with Crippen molar-refractivity contribution in [2.24, 2.45) is 5.92 Å². The maximum atomic E-state index is 12.2. The topological polar surface area (TPSA) is 71.0 Å². The average Bonchev–Trinajstić information content (AvgIpc) is 2.99. The molecule has 130 valence electrons. The Labute approximate surface area is 150 Å². The van der Waals surface area contributed by atoms with Crippen LogP contribution in [-0.4, -0.2) is 51.1 Å². The fraction of sp³-hybridized carbons (Fsp3) is 0.625. The van der Waals surface area contributed by atoms with Crippen LogP contribution in [0.15, 0.2) is 10.7 Å². The molecular formula is C16H23N5OS2. The number of fused-ring (bicyclic) bond motifs is 1. The molecule has 1 fully saturated rings. The Balaban J connectivity index is 1.62. The largest absolute Gasteiger partial charge is 0.366 e. The molecular weight excluding hydrogens is 342 g/mol. The van der Waals surface area contributed by atoms with Crippen LogP contribution in [0.5, 0.6) is 0 Å². The fourth-order valence-corrected chi connectivity index (χ4v) is 4.34. The highest BCUT2D eigenvalue weighted by Gasteiger charge is 2.24. The summed E-state index contributed by atoms with van der Waals surface area (Å²) in [5, 5.41) is 3.53. The second kappa shape index (κ2) is 7.65. The molecule has 0 radical (unpaired) electrons. The lowest BCUT2D eigenvalue weighted by Crippen LogP contribution is -2.42. The average molecular weight is 366 g/mol. The molecule has 1 aliphatic heterocycles. The molecule has 0 spiro atoms. The highest BCUT2D eigenvalue weighted by molar-refractivity contribution is 8.00. The molecule has 2 aromatic heterocycles. The number of thiazole rings is 1. The van der Waals surface area contributed by atoms with E-state index < -0.39 is 0 Å². The second-order valence-corrected chi connectivity index (χ2v) is 8.51. The molecule has 24 heavy (non-hydrogen) atoms. The van der Waals surface area contributed by atoms with Gasteiger partial charge in [-0.15, -0.1) is 11.3 Å². The number of carbonyl (C=O) groups is 1. The monoisotopic (exact) mass is 365 g/mol. The summed E-state index contributed by atoms with van der Waals surface area (Å²) in [4.78, 5) is 27.3. The first-order chi connectivity index (χ1) is 11.6. The van der Waals surface area contributed by atoms with Crippen molar-refractivity contribution in [2.45, 2.75) is 43.5 Å². The molecule has 1 saturated heterocycles. The molecule has 0 unspecified atom stereocenters. The summed E-state index contributed by atoms with van der Waals surface area (Å²) in [6, 6.07) is 0.339. The van der Waals surface area contributed by atoms with Crippen molar-refractivity contribution in [3.63, 3.8) is 0 Å². The van der Waals surface area contributed by atoms with Crippen LogP contribution in [0.2, 0.25) is 0 Å². The number of hydrogen-bond acceptors (Lipinski definition) is 7. The maximum Gasteiger partial charge on any atom is 0.222 e. The van der Waals surface area contributed by atoms with Gasteiger partial charge in [0, 0.05) is 25.6 Å². The minimum Gasteiger partial charge on any atom is -0.366 e. The third kappa shape index (κ3) is 3.97. The standard InChI is InChI=1S/C16H23N5OS2/c1-10(2)8-12(22)21-6-4-11(5-7-21)19-14-13-15(18-9-17-14)20-16(23-3)24-13/h9-11H,4-8H2,1-3H3,(H,17,18,19). The lowest BCUT2D eigenvalue weighted by atomic mass is 10.0. The predicted octanol–water partition coefficient (Wildman–Crippen LogP) is 3.26. The molecule has 6 nitrogen and oxygen atoms in total. The Bertz CT molecular complexity index is 710. The summed E-state index contributed by atoms with van der Waals surface area (Å²) in [7, 11) is 0. The van der Waals surface area contributed by atoms with Gasteiger partial charge in [0.2, 0.25) is 5.91 Å². The zero-order chi connectivity index (χ0) is 17.1. The third-order valence-electron chi connectivity index (χ3n) is 4.12. The number of nitrogens with zero attached hydrogens (tertiary/aromatic N) is 4. The van der Waals surface area contributed by atoms with Gasteiger partial charge < -0.3 is 10.2 Å². The van der Waals surface area contributed by atoms with E-state index in [4.69, 9.17) is 0 Å². The maximum absolute atomic E-state index is 12.2. The lowest BCUT2D eigenvalue weighted by molar-refractivity contribution is -0.132. The molecule has 1 amide bonds. The molecule has 1 N–H and O–H groups in total. The number of hydrogen-bond donors (Lipinski definition) is 1. The Morgan fingerprint density at radius 2 is 2.17 bits per heavy atom. The zero-order valence-corrected chi connectivity index (χ0v) is 15.9. The number of thioether (sulfide) groups is 1. The van der Waals surface area contributed by atoms with E-state index in [1.165, 1.54) is 0 Å². The third-order valence-corrected chi connectivity index (χ3v) is 6.15. The van der Waals surface area contributed by atoms with Gasteiger partial charge in [-0.1, -0.05) is 25.6 Å². The molecule has 2 aromatic rings. The van der Waals surface area contributed by atoms with Crippen LogP contribution >= 0.6 is 23.1 Å². The minimum absolute atomic E-state index is 0.278. The summed E-state index contributed by atoms with van der Waals surface area (Å²) < 4.78 is 2.02. The van der Waals surface area contributed by atoms with Crippen molar-refractivity contribution in [2.75, 3.05) is 24.7 Å². The Kier molecular flexibility index (Phi) is 5.55. The van der Waals surface area contributed by atoms with E-state index in [0.717, 1.165) is 46.4 Å². The molecule has 0 atom stereocenters. The number of anilines is 1. The highest BCUT2D eigenvalue weighted by Crippen LogP contribution is 2.31. The molecule has 1 aliphatic rings. The summed E-state index contributed by atoms with van der Waals surface area (Å²) in [5.74, 6) is 1.56. The van der Waals surface area contributed by atoms with E-state index in [1.54, 1.807) is 29.4 Å². The van der Waals surface area contributed by atoms with E-state index in [0.29, 0.717) is 18.4 Å². The molecule has 0 saturated carbocycles. The van der Waals surface area contributed by atoms with Crippen molar-refractivity contribution in [1.29, 1.82) is 0 Å². The van der Waals surface area contributed by atoms with Gasteiger partial charge in [0.1, 0.15) is 16.8 Å². The Hall–Kier alpha value is -1.41. The van der Waals surface area contributed by atoms with Crippen molar-refractivity contribution < 1.29 is 4.79 Å². The van der Waals surface area contributed by atoms with Crippen LogP contribution < -0.4 is 5.32 Å². The summed E-state index contributed by atoms with van der Waals surface area (Å²) >= 11 is 3.25. The van der Waals surface area contributed by atoms with Gasteiger partial charge in [0.05, 0.1) is 0 Å². The zero-order valence-electron chi connectivity index (χ0n) is 14.3. The van der Waals surface area contributed by atoms with E-state index in [9.17, 15) is 4.79 Å². The van der Waals surface area contributed by atoms with Gasteiger partial charge in [-0.3, -0.25) is 4.79 Å². The fourth-order valence-electron chi connectivity index (χ4n) is 2.87. The normalized spacial score (nSPS) is 16.1. The van der Waals surface area contributed by atoms with E-state index in [2.05, 4.69) is 34.1 Å². The predicted molar refractivity (Wildman–Crippen MR) is 99.7 cm³/mol. The lowest BCUT2D eigenvalue weighted by Gasteiger charge is -2.33. The molecule has 8 heteroatoms.